The number of benzene rings is 1. The molecule has 0 saturated heterocycles. The zero-order chi connectivity index (χ0) is 13.8. The van der Waals surface area contributed by atoms with Crippen LogP contribution in [-0.4, -0.2) is 37.1 Å². The fourth-order valence-electron chi connectivity index (χ4n) is 0.910. The summed E-state index contributed by atoms with van der Waals surface area (Å²) in [5.74, 6) is 0. The van der Waals surface area contributed by atoms with E-state index < -0.39 is 24.1 Å². The molecule has 0 aliphatic rings. The first-order valence-electron chi connectivity index (χ1n) is 4.08. The fourth-order valence-corrected chi connectivity index (χ4v) is 1.77. The topological polar surface area (TPSA) is 156 Å². The Morgan fingerprint density at radius 1 is 0.941 bits per heavy atom. The molecule has 0 saturated carbocycles. The molecule has 0 unspecified atom stereocenters. The van der Waals surface area contributed by atoms with Gasteiger partial charge in [-0.25, -0.2) is 0 Å². The molecular formula is C7H13O8PS. The van der Waals surface area contributed by atoms with Crippen LogP contribution in [0.25, 0.3) is 0 Å². The second-order valence-corrected chi connectivity index (χ2v) is 6.61. The van der Waals surface area contributed by atoms with E-state index in [4.69, 9.17) is 37.1 Å². The maximum absolute atomic E-state index is 8.74. The minimum atomic E-state index is -5.35. The molecule has 0 aromatic heterocycles. The van der Waals surface area contributed by atoms with Crippen LogP contribution in [0.4, 0.5) is 0 Å². The van der Waals surface area contributed by atoms with Gasteiger partial charge in [0, 0.05) is 0 Å². The van der Waals surface area contributed by atoms with Gasteiger partial charge in [-0.05, 0) is 0 Å². The molecule has 6 N–H and O–H groups in total. The molecule has 0 fully saturated rings. The Bertz CT molecular complexity index is 431. The molecule has 0 bridgehead atoms. The summed E-state index contributed by atoms with van der Waals surface area (Å²) < 4.78 is 31.6. The van der Waals surface area contributed by atoms with E-state index in [9.17, 15) is 0 Å². The zero-order valence-corrected chi connectivity index (χ0v) is 10.2. The van der Waals surface area contributed by atoms with Crippen molar-refractivity contribution in [2.75, 3.05) is 0 Å². The van der Waals surface area contributed by atoms with Crippen molar-refractivity contribution in [3.05, 3.63) is 35.9 Å². The Morgan fingerprint density at radius 3 is 1.59 bits per heavy atom. The van der Waals surface area contributed by atoms with E-state index in [1.54, 1.807) is 30.3 Å². The van der Waals surface area contributed by atoms with Gasteiger partial charge in [0.2, 0.25) is 0 Å². The summed E-state index contributed by atoms with van der Waals surface area (Å²) in [6.45, 7) is 0. The van der Waals surface area contributed by atoms with E-state index in [1.807, 2.05) is 0 Å². The normalized spacial score (nSPS) is 14.1. The van der Waals surface area contributed by atoms with Gasteiger partial charge in [0.25, 0.3) is 0 Å². The molecule has 8 nitrogen and oxygen atoms in total. The van der Waals surface area contributed by atoms with Crippen molar-refractivity contribution in [3.8, 4) is 0 Å². The molecular weight excluding hydrogens is 275 g/mol. The van der Waals surface area contributed by atoms with Crippen molar-refractivity contribution in [2.24, 2.45) is 0 Å². The maximum atomic E-state index is 8.74. The van der Waals surface area contributed by atoms with Crippen LogP contribution in [0, 0.1) is 0 Å². The summed E-state index contributed by atoms with van der Waals surface area (Å²) in [7, 11) is -10.0. The van der Waals surface area contributed by atoms with Gasteiger partial charge in [0.15, 0.2) is 0 Å². The van der Waals surface area contributed by atoms with Crippen molar-refractivity contribution in [2.45, 2.75) is 6.16 Å². The molecule has 0 heterocycles. The van der Waals surface area contributed by atoms with Gasteiger partial charge < -0.3 is 0 Å². The first-order valence-corrected chi connectivity index (χ1v) is 7.71. The average molecular weight is 288 g/mol. The van der Waals surface area contributed by atoms with E-state index >= 15 is 0 Å². The van der Waals surface area contributed by atoms with Gasteiger partial charge >= 0.3 is 79.5 Å². The molecule has 0 aliphatic heterocycles. The van der Waals surface area contributed by atoms with E-state index in [0.29, 0.717) is 5.56 Å². The minimum absolute atomic E-state index is 0.477. The number of rotatable bonds is 2. The van der Waals surface area contributed by atoms with Crippen LogP contribution in [0.3, 0.4) is 0 Å². The molecule has 100 valence electrons. The van der Waals surface area contributed by atoms with Crippen LogP contribution in [-0.2, 0) is 16.6 Å². The number of hydrogen-bond acceptors (Lipinski definition) is 6. The van der Waals surface area contributed by atoms with Crippen molar-refractivity contribution >= 4 is 17.9 Å². The van der Waals surface area contributed by atoms with Crippen LogP contribution in [0.2, 0.25) is 0 Å². The summed E-state index contributed by atoms with van der Waals surface area (Å²) in [6.07, 6.45) is -0.521. The first-order chi connectivity index (χ1) is 7.33. The van der Waals surface area contributed by atoms with Crippen LogP contribution >= 0.6 is 7.51 Å². The van der Waals surface area contributed by atoms with Crippen LogP contribution < -0.4 is 0 Å². The third-order valence-corrected chi connectivity index (χ3v) is 2.24. The second kappa shape index (κ2) is 5.34. The van der Waals surface area contributed by atoms with Gasteiger partial charge in [-0.2, -0.15) is 8.42 Å². The third kappa shape index (κ3) is 15.4. The summed E-state index contributed by atoms with van der Waals surface area (Å²) in [6, 6.07) is 8.28. The molecule has 17 heavy (non-hydrogen) atoms. The third-order valence-electron chi connectivity index (χ3n) is 1.31. The monoisotopic (exact) mass is 288 g/mol. The Kier molecular flexibility index (Phi) is 5.14. The summed E-state index contributed by atoms with van der Waals surface area (Å²) in [4.78, 5) is 34.9. The van der Waals surface area contributed by atoms with E-state index in [0.717, 1.165) is 0 Å². The summed E-state index contributed by atoms with van der Waals surface area (Å²) in [5.41, 5.74) is 0.477. The van der Waals surface area contributed by atoms with Crippen LogP contribution in [0.15, 0.2) is 30.3 Å². The van der Waals surface area contributed by atoms with E-state index in [2.05, 4.69) is 0 Å². The molecule has 0 spiro atoms. The van der Waals surface area contributed by atoms with Gasteiger partial charge in [0.1, 0.15) is 0 Å². The molecule has 1 rings (SSSR count). The van der Waals surface area contributed by atoms with E-state index in [1.165, 1.54) is 0 Å². The quantitative estimate of drug-likeness (QED) is 0.320. The number of hydrogen-bond donors (Lipinski definition) is 6. The fraction of sp³-hybridized carbons (Fsp3) is 0.143. The summed E-state index contributed by atoms with van der Waals surface area (Å²) in [5, 5.41) is 0. The molecule has 0 radical (unpaired) electrons. The van der Waals surface area contributed by atoms with Gasteiger partial charge in [-0.3, -0.25) is 9.11 Å². The Labute approximate surface area is 97.6 Å². The molecule has 0 atom stereocenters. The van der Waals surface area contributed by atoms with Crippen molar-refractivity contribution in [1.82, 2.24) is 0 Å². The Balaban J connectivity index is 0.000000437. The predicted molar refractivity (Wildman–Crippen MR) is 60.1 cm³/mol. The van der Waals surface area contributed by atoms with Crippen LogP contribution in [0.5, 0.6) is 0 Å². The van der Waals surface area contributed by atoms with Gasteiger partial charge in [0.05, 0.1) is 0 Å². The summed E-state index contributed by atoms with van der Waals surface area (Å²) >= 11 is 0. The van der Waals surface area contributed by atoms with Crippen LogP contribution in [0.1, 0.15) is 5.56 Å². The van der Waals surface area contributed by atoms with Crippen molar-refractivity contribution in [3.63, 3.8) is 0 Å². The SMILES string of the molecule is O=S(=O)(O)O.OP(O)(O)(O)Cc1ccccc1. The molecule has 10 heteroatoms. The molecule has 0 amide bonds. The zero-order valence-electron chi connectivity index (χ0n) is 8.45. The van der Waals surface area contributed by atoms with Crippen molar-refractivity contribution in [1.29, 1.82) is 0 Å². The standard InChI is InChI=1S/C7H11O4P.H2O4S/c8-12(9,10,11)6-7-4-2-1-3-5-7;1-5(2,3)4/h1-5,8-11H,6H2;(H2,1,2,3,4). The predicted octanol–water partition coefficient (Wildman–Crippen LogP) is -0.284. The van der Waals surface area contributed by atoms with Gasteiger partial charge in [-0.1, -0.05) is 0 Å². The second-order valence-electron chi connectivity index (χ2n) is 3.19. The molecule has 0 aliphatic carbocycles. The first kappa shape index (κ1) is 16.4. The van der Waals surface area contributed by atoms with E-state index in [-0.39, 0.29) is 0 Å². The Morgan fingerprint density at radius 2 is 1.29 bits per heavy atom. The van der Waals surface area contributed by atoms with Crippen molar-refractivity contribution < 1.29 is 37.1 Å². The van der Waals surface area contributed by atoms with Gasteiger partial charge in [-0.15, -0.1) is 0 Å². The molecule has 1 aromatic carbocycles. The molecule has 1 aromatic rings. The average Bonchev–Trinajstić information content (AvgIpc) is 1.97. The Hall–Kier alpha value is -0.640.